The van der Waals surface area contributed by atoms with E-state index in [2.05, 4.69) is 0 Å². The van der Waals surface area contributed by atoms with Crippen molar-refractivity contribution in [1.82, 2.24) is 0 Å². The predicted molar refractivity (Wildman–Crippen MR) is 55.5 cm³/mol. The summed E-state index contributed by atoms with van der Waals surface area (Å²) in [4.78, 5) is -0.632. The first-order chi connectivity index (χ1) is 8.00. The van der Waals surface area contributed by atoms with E-state index in [4.69, 9.17) is 4.55 Å². The van der Waals surface area contributed by atoms with Gasteiger partial charge in [0.25, 0.3) is 10.1 Å². The molecule has 0 heterocycles. The fourth-order valence-electron chi connectivity index (χ4n) is 1.43. The van der Waals surface area contributed by atoms with E-state index in [1.54, 1.807) is 0 Å². The number of hydrogen-bond acceptors (Lipinski definition) is 2. The van der Waals surface area contributed by atoms with E-state index in [0.29, 0.717) is 6.07 Å². The van der Waals surface area contributed by atoms with Gasteiger partial charge in [-0.05, 0) is 30.2 Å². The molecule has 8 heteroatoms. The maximum absolute atomic E-state index is 13.5. The van der Waals surface area contributed by atoms with Crippen molar-refractivity contribution >= 4 is 10.1 Å². The zero-order valence-corrected chi connectivity index (χ0v) is 10.0. The fourth-order valence-corrected chi connectivity index (χ4v) is 1.95. The van der Waals surface area contributed by atoms with Crippen LogP contribution in [-0.2, 0) is 10.1 Å². The maximum Gasteiger partial charge on any atom is 0.392 e. The molecule has 0 fully saturated rings. The van der Waals surface area contributed by atoms with E-state index in [0.717, 1.165) is 12.1 Å². The molecule has 0 aromatic heterocycles. The van der Waals surface area contributed by atoms with Gasteiger partial charge in [-0.25, -0.2) is 4.39 Å². The number of hydrogen-bond donors (Lipinski definition) is 1. The molecule has 0 saturated carbocycles. The van der Waals surface area contributed by atoms with E-state index in [1.807, 2.05) is 0 Å². The molecule has 0 aliphatic carbocycles. The van der Waals surface area contributed by atoms with Crippen LogP contribution >= 0.6 is 0 Å². The first kappa shape index (κ1) is 14.9. The minimum Gasteiger partial charge on any atom is -0.282 e. The van der Waals surface area contributed by atoms with Crippen LogP contribution in [-0.4, -0.2) is 19.1 Å². The number of rotatable bonds is 3. The molecule has 1 atom stereocenters. The predicted octanol–water partition coefficient (Wildman–Crippen LogP) is 3.20. The van der Waals surface area contributed by atoms with Crippen molar-refractivity contribution < 1.29 is 30.5 Å². The van der Waals surface area contributed by atoms with E-state index in [1.165, 1.54) is 6.92 Å². The average molecular weight is 286 g/mol. The van der Waals surface area contributed by atoms with Crippen molar-refractivity contribution in [3.63, 3.8) is 0 Å². The summed E-state index contributed by atoms with van der Waals surface area (Å²) in [6.07, 6.45) is -8.77. The topological polar surface area (TPSA) is 54.4 Å². The van der Waals surface area contributed by atoms with Gasteiger partial charge in [0.1, 0.15) is 6.17 Å². The molecule has 1 N–H and O–H groups in total. The lowest BCUT2D eigenvalue weighted by Crippen LogP contribution is -2.12. The van der Waals surface area contributed by atoms with Gasteiger partial charge in [0, 0.05) is 0 Å². The zero-order chi connectivity index (χ0) is 14.1. The van der Waals surface area contributed by atoms with E-state index >= 15 is 0 Å². The number of alkyl halides is 4. The Morgan fingerprint density at radius 3 is 2.33 bits per heavy atom. The lowest BCUT2D eigenvalue weighted by atomic mass is 10.0. The SMILES string of the molecule is Cc1ccc(S(=O)(=O)O)cc1C(F)CC(F)(F)F. The Bertz CT molecular complexity index is 537. The van der Waals surface area contributed by atoms with Crippen LogP contribution in [0.5, 0.6) is 0 Å². The average Bonchev–Trinajstić information content (AvgIpc) is 2.13. The molecule has 0 aliphatic heterocycles. The number of benzene rings is 1. The monoisotopic (exact) mass is 286 g/mol. The maximum atomic E-state index is 13.5. The van der Waals surface area contributed by atoms with Crippen LogP contribution in [0.4, 0.5) is 17.6 Å². The normalized spacial score (nSPS) is 14.6. The highest BCUT2D eigenvalue weighted by Crippen LogP contribution is 2.34. The van der Waals surface area contributed by atoms with Crippen LogP contribution in [0.3, 0.4) is 0 Å². The van der Waals surface area contributed by atoms with E-state index < -0.39 is 39.3 Å². The minimum absolute atomic E-state index is 0.180. The molecule has 0 aliphatic rings. The van der Waals surface area contributed by atoms with Gasteiger partial charge in [0.2, 0.25) is 0 Å². The molecule has 1 aromatic rings. The minimum atomic E-state index is -4.69. The lowest BCUT2D eigenvalue weighted by Gasteiger charge is -2.14. The Kier molecular flexibility index (Phi) is 4.02. The van der Waals surface area contributed by atoms with Gasteiger partial charge in [0.05, 0.1) is 11.3 Å². The summed E-state index contributed by atoms with van der Waals surface area (Å²) >= 11 is 0. The van der Waals surface area contributed by atoms with Gasteiger partial charge in [0.15, 0.2) is 0 Å². The summed E-state index contributed by atoms with van der Waals surface area (Å²) in [5.41, 5.74) is -0.221. The van der Waals surface area contributed by atoms with Crippen molar-refractivity contribution in [2.24, 2.45) is 0 Å². The number of halogens is 4. The van der Waals surface area contributed by atoms with Crippen LogP contribution in [0.25, 0.3) is 0 Å². The van der Waals surface area contributed by atoms with Crippen molar-refractivity contribution in [3.8, 4) is 0 Å². The largest absolute Gasteiger partial charge is 0.392 e. The Labute approximate surface area is 101 Å². The fraction of sp³-hybridized carbons (Fsp3) is 0.400. The second kappa shape index (κ2) is 4.85. The third-order valence-corrected chi connectivity index (χ3v) is 3.15. The highest BCUT2D eigenvalue weighted by Gasteiger charge is 2.33. The van der Waals surface area contributed by atoms with E-state index in [9.17, 15) is 26.0 Å². The van der Waals surface area contributed by atoms with Crippen molar-refractivity contribution in [2.75, 3.05) is 0 Å². The van der Waals surface area contributed by atoms with Gasteiger partial charge < -0.3 is 0 Å². The van der Waals surface area contributed by atoms with Gasteiger partial charge in [-0.15, -0.1) is 0 Å². The van der Waals surface area contributed by atoms with Crippen molar-refractivity contribution in [1.29, 1.82) is 0 Å². The van der Waals surface area contributed by atoms with Crippen LogP contribution in [0, 0.1) is 6.92 Å². The molecule has 3 nitrogen and oxygen atoms in total. The third kappa shape index (κ3) is 3.95. The quantitative estimate of drug-likeness (QED) is 0.685. The molecule has 102 valence electrons. The van der Waals surface area contributed by atoms with Gasteiger partial charge in [-0.1, -0.05) is 6.07 Å². The lowest BCUT2D eigenvalue weighted by molar-refractivity contribution is -0.146. The Morgan fingerprint density at radius 1 is 1.33 bits per heavy atom. The van der Waals surface area contributed by atoms with Crippen LogP contribution in [0.1, 0.15) is 23.7 Å². The van der Waals surface area contributed by atoms with Gasteiger partial charge in [-0.3, -0.25) is 4.55 Å². The summed E-state index contributed by atoms with van der Waals surface area (Å²) in [6, 6.07) is 2.84. The smallest absolute Gasteiger partial charge is 0.282 e. The molecule has 1 rings (SSSR count). The van der Waals surface area contributed by atoms with Crippen LogP contribution in [0.2, 0.25) is 0 Å². The molecular weight excluding hydrogens is 276 g/mol. The summed E-state index contributed by atoms with van der Waals surface area (Å²) < 4.78 is 80.0. The molecule has 0 radical (unpaired) electrons. The molecule has 1 aromatic carbocycles. The standard InChI is InChI=1S/C10H10F4O3S/c1-6-2-3-7(18(15,16)17)4-8(6)9(11)5-10(12,13)14/h2-4,9H,5H2,1H3,(H,15,16,17). The van der Waals surface area contributed by atoms with Crippen LogP contribution in [0.15, 0.2) is 23.1 Å². The summed E-state index contributed by atoms with van der Waals surface area (Å²) in [5.74, 6) is 0. The second-order valence-electron chi connectivity index (χ2n) is 3.78. The summed E-state index contributed by atoms with van der Waals surface area (Å²) in [7, 11) is -4.57. The molecule has 18 heavy (non-hydrogen) atoms. The molecule has 1 unspecified atom stereocenters. The van der Waals surface area contributed by atoms with Crippen molar-refractivity contribution in [2.45, 2.75) is 30.6 Å². The molecule has 0 amide bonds. The molecular formula is C10H10F4O3S. The first-order valence-electron chi connectivity index (χ1n) is 4.79. The van der Waals surface area contributed by atoms with Gasteiger partial charge in [-0.2, -0.15) is 21.6 Å². The highest BCUT2D eigenvalue weighted by atomic mass is 32.2. The zero-order valence-electron chi connectivity index (χ0n) is 9.20. The molecule has 0 spiro atoms. The number of aryl methyl sites for hydroxylation is 1. The second-order valence-corrected chi connectivity index (χ2v) is 5.20. The summed E-state index contributed by atoms with van der Waals surface area (Å²) in [5, 5.41) is 0. The Morgan fingerprint density at radius 2 is 1.89 bits per heavy atom. The van der Waals surface area contributed by atoms with Crippen molar-refractivity contribution in [3.05, 3.63) is 29.3 Å². The Balaban J connectivity index is 3.16. The Hall–Kier alpha value is -1.15. The van der Waals surface area contributed by atoms with Gasteiger partial charge >= 0.3 is 6.18 Å². The van der Waals surface area contributed by atoms with Crippen LogP contribution < -0.4 is 0 Å². The highest BCUT2D eigenvalue weighted by molar-refractivity contribution is 7.85. The molecule has 0 saturated heterocycles. The summed E-state index contributed by atoms with van der Waals surface area (Å²) in [6.45, 7) is 1.35. The van der Waals surface area contributed by atoms with E-state index in [-0.39, 0.29) is 5.56 Å². The first-order valence-corrected chi connectivity index (χ1v) is 6.23. The molecule has 0 bridgehead atoms. The third-order valence-electron chi connectivity index (χ3n) is 2.30.